The van der Waals surface area contributed by atoms with Gasteiger partial charge in [0.2, 0.25) is 10.0 Å². The Bertz CT molecular complexity index is 601. The molecule has 0 heterocycles. The van der Waals surface area contributed by atoms with E-state index in [9.17, 15) is 13.2 Å². The summed E-state index contributed by atoms with van der Waals surface area (Å²) in [5, 5.41) is 5.16. The van der Waals surface area contributed by atoms with E-state index in [-0.39, 0.29) is 22.1 Å². The molecule has 0 aliphatic rings. The molecule has 0 radical (unpaired) electrons. The highest BCUT2D eigenvalue weighted by molar-refractivity contribution is 7.89. The second kappa shape index (κ2) is 7.39. The number of rotatable bonds is 7. The third-order valence-electron chi connectivity index (χ3n) is 2.77. The number of primary sulfonamides is 1. The highest BCUT2D eigenvalue weighted by atomic mass is 32.2. The van der Waals surface area contributed by atoms with E-state index in [1.165, 1.54) is 30.2 Å². The minimum Gasteiger partial charge on any atom is -0.492 e. The molecule has 1 rings (SSSR count). The molecule has 0 saturated heterocycles. The zero-order valence-corrected chi connectivity index (χ0v) is 13.1. The molecule has 21 heavy (non-hydrogen) atoms. The summed E-state index contributed by atoms with van der Waals surface area (Å²) in [5.74, 6) is -0.184. The SMILES string of the molecule is CCOc1ccc(C(=O)N(C)CCOC)cc1S(N)(=O)=O. The van der Waals surface area contributed by atoms with Gasteiger partial charge in [0.25, 0.3) is 5.91 Å². The van der Waals surface area contributed by atoms with E-state index in [0.29, 0.717) is 19.8 Å². The van der Waals surface area contributed by atoms with Crippen LogP contribution in [0.15, 0.2) is 23.1 Å². The Morgan fingerprint density at radius 1 is 1.38 bits per heavy atom. The van der Waals surface area contributed by atoms with Crippen LogP contribution in [0.5, 0.6) is 5.75 Å². The summed E-state index contributed by atoms with van der Waals surface area (Å²) in [6, 6.07) is 4.16. The van der Waals surface area contributed by atoms with E-state index in [0.717, 1.165) is 0 Å². The summed E-state index contributed by atoms with van der Waals surface area (Å²) >= 11 is 0. The maximum atomic E-state index is 12.2. The predicted molar refractivity (Wildman–Crippen MR) is 77.8 cm³/mol. The fourth-order valence-electron chi connectivity index (χ4n) is 1.69. The van der Waals surface area contributed by atoms with Gasteiger partial charge in [0.15, 0.2) is 0 Å². The fourth-order valence-corrected chi connectivity index (χ4v) is 2.39. The molecule has 1 amide bonds. The summed E-state index contributed by atoms with van der Waals surface area (Å²) in [6.07, 6.45) is 0. The van der Waals surface area contributed by atoms with E-state index in [1.807, 2.05) is 0 Å². The van der Waals surface area contributed by atoms with Gasteiger partial charge >= 0.3 is 0 Å². The molecule has 0 bridgehead atoms. The van der Waals surface area contributed by atoms with Crippen molar-refractivity contribution >= 4 is 15.9 Å². The lowest BCUT2D eigenvalue weighted by Crippen LogP contribution is -2.30. The van der Waals surface area contributed by atoms with E-state index in [4.69, 9.17) is 14.6 Å². The van der Waals surface area contributed by atoms with Gasteiger partial charge in [0.05, 0.1) is 13.2 Å². The average Bonchev–Trinajstić information content (AvgIpc) is 2.43. The normalized spacial score (nSPS) is 11.2. The van der Waals surface area contributed by atoms with Crippen molar-refractivity contribution in [3.05, 3.63) is 23.8 Å². The number of benzene rings is 1. The monoisotopic (exact) mass is 316 g/mol. The highest BCUT2D eigenvalue weighted by Crippen LogP contribution is 2.24. The van der Waals surface area contributed by atoms with Crippen LogP contribution in [0, 0.1) is 0 Å². The molecule has 0 aliphatic heterocycles. The number of sulfonamides is 1. The number of carbonyl (C=O) groups is 1. The van der Waals surface area contributed by atoms with Crippen molar-refractivity contribution in [2.24, 2.45) is 5.14 Å². The van der Waals surface area contributed by atoms with Crippen molar-refractivity contribution in [1.29, 1.82) is 0 Å². The molecule has 2 N–H and O–H groups in total. The van der Waals surface area contributed by atoms with Gasteiger partial charge in [-0.1, -0.05) is 0 Å². The Kier molecular flexibility index (Phi) is 6.13. The van der Waals surface area contributed by atoms with Crippen molar-refractivity contribution in [3.8, 4) is 5.75 Å². The van der Waals surface area contributed by atoms with Crippen molar-refractivity contribution in [1.82, 2.24) is 4.90 Å². The van der Waals surface area contributed by atoms with Gasteiger partial charge in [-0.2, -0.15) is 0 Å². The first kappa shape index (κ1) is 17.4. The van der Waals surface area contributed by atoms with E-state index in [1.54, 1.807) is 14.0 Å². The number of likely N-dealkylation sites (N-methyl/N-ethyl adjacent to an activating group) is 1. The Hall–Kier alpha value is -1.64. The van der Waals surface area contributed by atoms with Gasteiger partial charge in [0, 0.05) is 26.3 Å². The Labute approximate surface area is 124 Å². The first-order valence-electron chi connectivity index (χ1n) is 6.35. The lowest BCUT2D eigenvalue weighted by atomic mass is 10.2. The molecule has 8 heteroatoms. The lowest BCUT2D eigenvalue weighted by molar-refractivity contribution is 0.0744. The van der Waals surface area contributed by atoms with Gasteiger partial charge in [0.1, 0.15) is 10.6 Å². The zero-order chi connectivity index (χ0) is 16.0. The molecule has 0 spiro atoms. The first-order chi connectivity index (χ1) is 9.81. The zero-order valence-electron chi connectivity index (χ0n) is 12.3. The summed E-state index contributed by atoms with van der Waals surface area (Å²) in [6.45, 7) is 2.81. The molecule has 0 aliphatic carbocycles. The largest absolute Gasteiger partial charge is 0.492 e. The van der Waals surface area contributed by atoms with Crippen molar-refractivity contribution in [2.45, 2.75) is 11.8 Å². The van der Waals surface area contributed by atoms with Crippen LogP contribution in [-0.2, 0) is 14.8 Å². The van der Waals surface area contributed by atoms with Crippen molar-refractivity contribution in [3.63, 3.8) is 0 Å². The summed E-state index contributed by atoms with van der Waals surface area (Å²) < 4.78 is 33.3. The molecule has 118 valence electrons. The van der Waals surface area contributed by atoms with Gasteiger partial charge in [-0.25, -0.2) is 13.6 Å². The maximum Gasteiger partial charge on any atom is 0.253 e. The van der Waals surface area contributed by atoms with Crippen LogP contribution in [0.1, 0.15) is 17.3 Å². The Morgan fingerprint density at radius 2 is 2.05 bits per heavy atom. The van der Waals surface area contributed by atoms with Gasteiger partial charge in [-0.05, 0) is 25.1 Å². The van der Waals surface area contributed by atoms with Crippen LogP contribution >= 0.6 is 0 Å². The van der Waals surface area contributed by atoms with E-state index >= 15 is 0 Å². The molecule has 0 fully saturated rings. The van der Waals surface area contributed by atoms with Gasteiger partial charge in [-0.3, -0.25) is 4.79 Å². The minimum atomic E-state index is -3.97. The number of amides is 1. The summed E-state index contributed by atoms with van der Waals surface area (Å²) in [4.78, 5) is 13.4. The Morgan fingerprint density at radius 3 is 2.57 bits per heavy atom. The molecule has 0 aromatic heterocycles. The number of hydrogen-bond acceptors (Lipinski definition) is 5. The predicted octanol–water partition coefficient (Wildman–Crippen LogP) is 0.451. The van der Waals surface area contributed by atoms with Gasteiger partial charge in [-0.15, -0.1) is 0 Å². The average molecular weight is 316 g/mol. The lowest BCUT2D eigenvalue weighted by Gasteiger charge is -2.17. The van der Waals surface area contributed by atoms with Crippen LogP contribution in [0.4, 0.5) is 0 Å². The molecule has 1 aromatic rings. The van der Waals surface area contributed by atoms with Crippen LogP contribution < -0.4 is 9.88 Å². The third-order valence-corrected chi connectivity index (χ3v) is 3.71. The molecule has 1 aromatic carbocycles. The van der Waals surface area contributed by atoms with Crippen LogP contribution in [-0.4, -0.2) is 53.1 Å². The molecular formula is C13H20N2O5S. The standard InChI is InChI=1S/C13H20N2O5S/c1-4-20-11-6-5-10(9-12(11)21(14,17)18)13(16)15(2)7-8-19-3/h5-6,9H,4,7-8H2,1-3H3,(H2,14,17,18). The maximum absolute atomic E-state index is 12.2. The number of ether oxygens (including phenoxy) is 2. The topological polar surface area (TPSA) is 98.9 Å². The number of carbonyl (C=O) groups excluding carboxylic acids is 1. The van der Waals surface area contributed by atoms with E-state index in [2.05, 4.69) is 0 Å². The molecule has 0 saturated carbocycles. The first-order valence-corrected chi connectivity index (χ1v) is 7.90. The number of nitrogens with two attached hydrogens (primary N) is 1. The van der Waals surface area contributed by atoms with Crippen LogP contribution in [0.3, 0.4) is 0 Å². The van der Waals surface area contributed by atoms with Gasteiger partial charge < -0.3 is 14.4 Å². The molecule has 0 unspecified atom stereocenters. The van der Waals surface area contributed by atoms with Crippen molar-refractivity contribution in [2.75, 3.05) is 33.9 Å². The van der Waals surface area contributed by atoms with Crippen LogP contribution in [0.25, 0.3) is 0 Å². The second-order valence-electron chi connectivity index (χ2n) is 4.36. The number of methoxy groups -OCH3 is 1. The molecule has 0 atom stereocenters. The molecule has 7 nitrogen and oxygen atoms in total. The third kappa shape index (κ3) is 4.69. The van der Waals surface area contributed by atoms with Crippen molar-refractivity contribution < 1.29 is 22.7 Å². The van der Waals surface area contributed by atoms with E-state index < -0.39 is 10.0 Å². The summed E-state index contributed by atoms with van der Waals surface area (Å²) in [7, 11) is -0.833. The number of hydrogen-bond donors (Lipinski definition) is 1. The summed E-state index contributed by atoms with van der Waals surface area (Å²) in [5.41, 5.74) is 0.223. The number of nitrogens with zero attached hydrogens (tertiary/aromatic N) is 1. The minimum absolute atomic E-state index is 0.135. The highest BCUT2D eigenvalue weighted by Gasteiger charge is 2.20. The fraction of sp³-hybridized carbons (Fsp3) is 0.462. The smallest absolute Gasteiger partial charge is 0.253 e. The van der Waals surface area contributed by atoms with Crippen LogP contribution in [0.2, 0.25) is 0 Å². The second-order valence-corrected chi connectivity index (χ2v) is 5.89. The Balaban J connectivity index is 3.13. The quantitative estimate of drug-likeness (QED) is 0.787. The molecular weight excluding hydrogens is 296 g/mol.